The van der Waals surface area contributed by atoms with Crippen LogP contribution in [0, 0.1) is 0 Å². The van der Waals surface area contributed by atoms with Gasteiger partial charge in [0.05, 0.1) is 25.3 Å². The van der Waals surface area contributed by atoms with E-state index < -0.39 is 5.54 Å². The normalized spacial score (nSPS) is 17.2. The highest BCUT2D eigenvalue weighted by Gasteiger charge is 2.29. The van der Waals surface area contributed by atoms with Crippen molar-refractivity contribution in [2.24, 2.45) is 0 Å². The van der Waals surface area contributed by atoms with Crippen molar-refractivity contribution in [3.05, 3.63) is 0 Å². The second kappa shape index (κ2) is 7.45. The molecule has 1 rings (SSSR count). The van der Waals surface area contributed by atoms with Crippen LogP contribution in [0.1, 0.15) is 39.0 Å². The van der Waals surface area contributed by atoms with Crippen LogP contribution in [0.5, 0.6) is 0 Å². The summed E-state index contributed by atoms with van der Waals surface area (Å²) in [6.45, 7) is 1.74. The third-order valence-corrected chi connectivity index (χ3v) is 3.69. The van der Waals surface area contributed by atoms with Gasteiger partial charge in [-0.05, 0) is 19.3 Å². The van der Waals surface area contributed by atoms with E-state index in [-0.39, 0.29) is 31.6 Å². The monoisotopic (exact) mass is 272 g/mol. The molecule has 1 aliphatic rings. The fourth-order valence-corrected chi connectivity index (χ4v) is 2.16. The molecule has 0 aromatic carbocycles. The van der Waals surface area contributed by atoms with Crippen molar-refractivity contribution in [1.82, 2.24) is 10.2 Å². The predicted octanol–water partition coefficient (Wildman–Crippen LogP) is -0.361. The van der Waals surface area contributed by atoms with Crippen LogP contribution in [0.15, 0.2) is 0 Å². The Morgan fingerprint density at radius 2 is 2.00 bits per heavy atom. The Kier molecular flexibility index (Phi) is 6.24. The number of nitrogens with one attached hydrogen (secondary N) is 1. The van der Waals surface area contributed by atoms with Crippen LogP contribution in [-0.2, 0) is 9.59 Å². The van der Waals surface area contributed by atoms with Gasteiger partial charge in [-0.15, -0.1) is 0 Å². The van der Waals surface area contributed by atoms with Gasteiger partial charge >= 0.3 is 0 Å². The fraction of sp³-hybridized carbons (Fsp3) is 0.846. The van der Waals surface area contributed by atoms with E-state index in [1.807, 2.05) is 0 Å². The summed E-state index contributed by atoms with van der Waals surface area (Å²) in [5.41, 5.74) is -0.994. The second-order valence-corrected chi connectivity index (χ2v) is 5.12. The molecular weight excluding hydrogens is 248 g/mol. The molecule has 1 aliphatic heterocycles. The minimum Gasteiger partial charge on any atom is -0.394 e. The van der Waals surface area contributed by atoms with Gasteiger partial charge in [-0.3, -0.25) is 9.59 Å². The molecule has 0 unspecified atom stereocenters. The summed E-state index contributed by atoms with van der Waals surface area (Å²) < 4.78 is 0. The summed E-state index contributed by atoms with van der Waals surface area (Å²) in [4.78, 5) is 25.3. The summed E-state index contributed by atoms with van der Waals surface area (Å²) in [7, 11) is 0. The first-order valence-corrected chi connectivity index (χ1v) is 6.87. The maximum absolute atomic E-state index is 11.9. The van der Waals surface area contributed by atoms with E-state index in [2.05, 4.69) is 5.32 Å². The minimum absolute atomic E-state index is 0.000579. The Morgan fingerprint density at radius 3 is 2.58 bits per heavy atom. The molecule has 0 saturated carbocycles. The first kappa shape index (κ1) is 15.9. The molecule has 0 spiro atoms. The van der Waals surface area contributed by atoms with Crippen molar-refractivity contribution in [3.8, 4) is 0 Å². The molecule has 1 fully saturated rings. The highest BCUT2D eigenvalue weighted by Crippen LogP contribution is 2.12. The maximum Gasteiger partial charge on any atom is 0.240 e. The predicted molar refractivity (Wildman–Crippen MR) is 70.4 cm³/mol. The Morgan fingerprint density at radius 1 is 1.32 bits per heavy atom. The van der Waals surface area contributed by atoms with E-state index in [1.165, 1.54) is 0 Å². The molecule has 3 N–H and O–H groups in total. The second-order valence-electron chi connectivity index (χ2n) is 5.12. The van der Waals surface area contributed by atoms with E-state index in [1.54, 1.807) is 11.8 Å². The molecule has 0 radical (unpaired) electrons. The third-order valence-electron chi connectivity index (χ3n) is 3.69. The molecule has 0 aliphatic carbocycles. The molecule has 0 atom stereocenters. The molecule has 1 saturated heterocycles. The molecule has 2 amide bonds. The standard InChI is InChI=1S/C13H24N2O4/c1-2-13(9-16,10-17)14-11(18)8-15-7-5-3-4-6-12(15)19/h16-17H,2-10H2,1H3,(H,14,18). The first-order chi connectivity index (χ1) is 9.06. The van der Waals surface area contributed by atoms with Gasteiger partial charge < -0.3 is 20.4 Å². The number of nitrogens with zero attached hydrogens (tertiary/aromatic N) is 1. The highest BCUT2D eigenvalue weighted by atomic mass is 16.3. The van der Waals surface area contributed by atoms with Gasteiger partial charge in [0.25, 0.3) is 0 Å². The lowest BCUT2D eigenvalue weighted by Crippen LogP contribution is -2.56. The molecule has 6 heteroatoms. The number of hydrogen-bond acceptors (Lipinski definition) is 4. The van der Waals surface area contributed by atoms with Gasteiger partial charge in [0, 0.05) is 13.0 Å². The number of carbonyl (C=O) groups excluding carboxylic acids is 2. The van der Waals surface area contributed by atoms with E-state index in [4.69, 9.17) is 0 Å². The van der Waals surface area contributed by atoms with E-state index in [9.17, 15) is 19.8 Å². The fourth-order valence-electron chi connectivity index (χ4n) is 2.16. The maximum atomic E-state index is 11.9. The van der Waals surface area contributed by atoms with Gasteiger partial charge in [0.15, 0.2) is 0 Å². The topological polar surface area (TPSA) is 89.9 Å². The number of amides is 2. The van der Waals surface area contributed by atoms with E-state index in [0.717, 1.165) is 19.3 Å². The van der Waals surface area contributed by atoms with Crippen molar-refractivity contribution >= 4 is 11.8 Å². The largest absolute Gasteiger partial charge is 0.394 e. The van der Waals surface area contributed by atoms with Crippen LogP contribution < -0.4 is 5.32 Å². The Balaban J connectivity index is 2.56. The summed E-state index contributed by atoms with van der Waals surface area (Å²) in [5.74, 6) is -0.331. The molecular formula is C13H24N2O4. The lowest BCUT2D eigenvalue weighted by molar-refractivity contribution is -0.136. The Bertz CT molecular complexity index is 308. The van der Waals surface area contributed by atoms with Crippen LogP contribution in [0.3, 0.4) is 0 Å². The lowest BCUT2D eigenvalue weighted by atomic mass is 9.98. The van der Waals surface area contributed by atoms with Crippen LogP contribution in [0.2, 0.25) is 0 Å². The number of aliphatic hydroxyl groups excluding tert-OH is 2. The molecule has 0 aromatic heterocycles. The van der Waals surface area contributed by atoms with Gasteiger partial charge in [0.2, 0.25) is 11.8 Å². The molecule has 110 valence electrons. The molecule has 1 heterocycles. The number of aliphatic hydroxyl groups is 2. The molecule has 0 bridgehead atoms. The Hall–Kier alpha value is -1.14. The molecule has 6 nitrogen and oxygen atoms in total. The summed E-state index contributed by atoms with van der Waals surface area (Å²) in [6.07, 6.45) is 3.73. The third kappa shape index (κ3) is 4.47. The average Bonchev–Trinajstić information content (AvgIpc) is 2.62. The van der Waals surface area contributed by atoms with E-state index in [0.29, 0.717) is 19.4 Å². The van der Waals surface area contributed by atoms with Crippen molar-refractivity contribution < 1.29 is 19.8 Å². The van der Waals surface area contributed by atoms with Gasteiger partial charge in [-0.2, -0.15) is 0 Å². The first-order valence-electron chi connectivity index (χ1n) is 6.87. The average molecular weight is 272 g/mol. The quantitative estimate of drug-likeness (QED) is 0.616. The summed E-state index contributed by atoms with van der Waals surface area (Å²) in [5, 5.41) is 21.2. The SMILES string of the molecule is CCC(CO)(CO)NC(=O)CN1CCCCCC1=O. The van der Waals surface area contributed by atoms with Gasteiger partial charge in [0.1, 0.15) is 0 Å². The van der Waals surface area contributed by atoms with Crippen LogP contribution >= 0.6 is 0 Å². The number of carbonyl (C=O) groups is 2. The zero-order valence-electron chi connectivity index (χ0n) is 11.5. The Labute approximate surface area is 113 Å². The minimum atomic E-state index is -0.994. The zero-order chi connectivity index (χ0) is 14.3. The zero-order valence-corrected chi connectivity index (χ0v) is 11.5. The summed E-state index contributed by atoms with van der Waals surface area (Å²) in [6, 6.07) is 0. The van der Waals surface area contributed by atoms with Gasteiger partial charge in [-0.1, -0.05) is 13.3 Å². The smallest absolute Gasteiger partial charge is 0.240 e. The number of hydrogen-bond donors (Lipinski definition) is 3. The van der Waals surface area contributed by atoms with E-state index >= 15 is 0 Å². The molecule has 19 heavy (non-hydrogen) atoms. The number of rotatable bonds is 6. The van der Waals surface area contributed by atoms with Crippen molar-refractivity contribution in [1.29, 1.82) is 0 Å². The lowest BCUT2D eigenvalue weighted by Gasteiger charge is -2.31. The van der Waals surface area contributed by atoms with Crippen LogP contribution in [-0.4, -0.2) is 58.8 Å². The van der Waals surface area contributed by atoms with Crippen LogP contribution in [0.25, 0.3) is 0 Å². The molecule has 0 aromatic rings. The van der Waals surface area contributed by atoms with Crippen LogP contribution in [0.4, 0.5) is 0 Å². The van der Waals surface area contributed by atoms with Gasteiger partial charge in [-0.25, -0.2) is 0 Å². The van der Waals surface area contributed by atoms with Crippen molar-refractivity contribution in [2.45, 2.75) is 44.6 Å². The number of likely N-dealkylation sites (tertiary alicyclic amines) is 1. The van der Waals surface area contributed by atoms with Crippen molar-refractivity contribution in [2.75, 3.05) is 26.3 Å². The highest BCUT2D eigenvalue weighted by molar-refractivity contribution is 5.85. The van der Waals surface area contributed by atoms with Crippen molar-refractivity contribution in [3.63, 3.8) is 0 Å². The summed E-state index contributed by atoms with van der Waals surface area (Å²) >= 11 is 0.